The molecule has 0 amide bonds. The number of aliphatic hydroxyl groups excluding tert-OH is 1. The number of rotatable bonds is 32. The van der Waals surface area contributed by atoms with E-state index in [4.69, 9.17) is 4.74 Å². The fraction of sp³-hybridized carbons (Fsp3) is 0.800. The van der Waals surface area contributed by atoms with Crippen LogP contribution in [0.15, 0.2) is 30.4 Å². The summed E-state index contributed by atoms with van der Waals surface area (Å²) in [6.07, 6.45) is 42.6. The van der Waals surface area contributed by atoms with Gasteiger partial charge in [-0.05, 0) is 56.6 Å². The summed E-state index contributed by atoms with van der Waals surface area (Å²) in [6, 6.07) is 6.43. The van der Waals surface area contributed by atoms with Gasteiger partial charge in [0, 0.05) is 5.56 Å². The first-order valence-corrected chi connectivity index (χ1v) is 18.8. The molecule has 0 spiro atoms. The van der Waals surface area contributed by atoms with Crippen LogP contribution >= 0.6 is 0 Å². The van der Waals surface area contributed by atoms with Crippen molar-refractivity contribution in [2.75, 3.05) is 6.61 Å². The van der Waals surface area contributed by atoms with Crippen molar-refractivity contribution in [2.45, 2.75) is 200 Å². The lowest BCUT2D eigenvalue weighted by Crippen LogP contribution is -2.01. The molecule has 0 aliphatic carbocycles. The maximum Gasteiger partial charge on any atom is 0.125 e. The van der Waals surface area contributed by atoms with Crippen molar-refractivity contribution in [2.24, 2.45) is 0 Å². The minimum atomic E-state index is 0.0573. The molecule has 244 valence electrons. The Kier molecular flexibility index (Phi) is 28.7. The van der Waals surface area contributed by atoms with Gasteiger partial charge < -0.3 is 9.84 Å². The monoisotopic (exact) mass is 585 g/mol. The number of allylic oxidation sites excluding steroid dienone is 2. The van der Waals surface area contributed by atoms with Crippen LogP contribution in [0.3, 0.4) is 0 Å². The van der Waals surface area contributed by atoms with Crippen molar-refractivity contribution in [3.63, 3.8) is 0 Å². The highest BCUT2D eigenvalue weighted by molar-refractivity contribution is 5.37. The number of aryl methyl sites for hydroxylation is 1. The summed E-state index contributed by atoms with van der Waals surface area (Å²) in [5.41, 5.74) is 2.28. The fourth-order valence-electron chi connectivity index (χ4n) is 5.90. The summed E-state index contributed by atoms with van der Waals surface area (Å²) in [5, 5.41) is 9.77. The van der Waals surface area contributed by atoms with E-state index in [9.17, 15) is 5.11 Å². The molecule has 1 N–H and O–H groups in total. The van der Waals surface area contributed by atoms with Crippen molar-refractivity contribution in [3.8, 4) is 5.75 Å². The Hall–Kier alpha value is -1.28. The lowest BCUT2D eigenvalue weighted by Gasteiger charge is -2.12. The number of benzene rings is 1. The predicted octanol–water partition coefficient (Wildman–Crippen LogP) is 13.2. The quantitative estimate of drug-likeness (QED) is 0.0674. The van der Waals surface area contributed by atoms with Gasteiger partial charge in [-0.2, -0.15) is 0 Å². The molecule has 42 heavy (non-hydrogen) atoms. The van der Waals surface area contributed by atoms with Crippen LogP contribution in [0, 0.1) is 0 Å². The van der Waals surface area contributed by atoms with E-state index in [2.05, 4.69) is 44.2 Å². The second-order valence-corrected chi connectivity index (χ2v) is 12.9. The van der Waals surface area contributed by atoms with E-state index in [0.717, 1.165) is 30.8 Å². The van der Waals surface area contributed by atoms with Gasteiger partial charge in [-0.15, -0.1) is 0 Å². The van der Waals surface area contributed by atoms with Crippen LogP contribution in [0.1, 0.15) is 198 Å². The van der Waals surface area contributed by atoms with Crippen molar-refractivity contribution in [3.05, 3.63) is 41.5 Å². The van der Waals surface area contributed by atoms with Crippen LogP contribution in [0.4, 0.5) is 0 Å². The van der Waals surface area contributed by atoms with Crippen molar-refractivity contribution >= 4 is 0 Å². The Morgan fingerprint density at radius 1 is 0.524 bits per heavy atom. The molecule has 1 aromatic rings. The van der Waals surface area contributed by atoms with Crippen molar-refractivity contribution in [1.29, 1.82) is 0 Å². The molecule has 0 radical (unpaired) electrons. The van der Waals surface area contributed by atoms with Crippen molar-refractivity contribution < 1.29 is 9.84 Å². The molecular weight excluding hydrogens is 512 g/mol. The maximum atomic E-state index is 9.77. The van der Waals surface area contributed by atoms with E-state index in [1.807, 2.05) is 0 Å². The Morgan fingerprint density at radius 2 is 0.952 bits per heavy atom. The van der Waals surface area contributed by atoms with Gasteiger partial charge in [-0.1, -0.05) is 173 Å². The number of unbranched alkanes of at least 4 members (excludes halogenated alkanes) is 24. The molecule has 0 saturated heterocycles. The third-order valence-electron chi connectivity index (χ3n) is 8.78. The molecular formula is C40H72O2. The second-order valence-electron chi connectivity index (χ2n) is 12.9. The van der Waals surface area contributed by atoms with Gasteiger partial charge >= 0.3 is 0 Å². The van der Waals surface area contributed by atoms with E-state index in [1.165, 1.54) is 173 Å². The maximum absolute atomic E-state index is 9.77. The third kappa shape index (κ3) is 24.2. The van der Waals surface area contributed by atoms with Gasteiger partial charge in [-0.3, -0.25) is 0 Å². The van der Waals surface area contributed by atoms with Gasteiger partial charge in [0.1, 0.15) is 5.75 Å². The van der Waals surface area contributed by atoms with Crippen LogP contribution in [0.25, 0.3) is 0 Å². The van der Waals surface area contributed by atoms with Crippen LogP contribution in [0.5, 0.6) is 5.75 Å². The third-order valence-corrected chi connectivity index (χ3v) is 8.78. The Balaban J connectivity index is 2.01. The van der Waals surface area contributed by atoms with E-state index < -0.39 is 0 Å². The molecule has 0 aliphatic heterocycles. The van der Waals surface area contributed by atoms with E-state index in [-0.39, 0.29) is 6.61 Å². The molecule has 0 unspecified atom stereocenters. The number of hydrogen-bond acceptors (Lipinski definition) is 2. The molecule has 2 heteroatoms. The Morgan fingerprint density at radius 3 is 1.43 bits per heavy atom. The molecule has 0 fully saturated rings. The average Bonchev–Trinajstić information content (AvgIpc) is 3.01. The van der Waals surface area contributed by atoms with Crippen LogP contribution < -0.4 is 4.74 Å². The zero-order chi connectivity index (χ0) is 30.2. The first-order chi connectivity index (χ1) is 20.8. The highest BCUT2D eigenvalue weighted by Gasteiger charge is 2.05. The molecule has 0 aromatic heterocycles. The molecule has 0 aliphatic rings. The smallest absolute Gasteiger partial charge is 0.125 e. The Labute approximate surface area is 263 Å². The summed E-state index contributed by atoms with van der Waals surface area (Å²) in [5.74, 6) is 0.900. The van der Waals surface area contributed by atoms with Crippen LogP contribution in [-0.2, 0) is 13.0 Å². The van der Waals surface area contributed by atoms with Crippen LogP contribution in [0.2, 0.25) is 0 Å². The first-order valence-electron chi connectivity index (χ1n) is 18.8. The van der Waals surface area contributed by atoms with Gasteiger partial charge in [0.05, 0.1) is 13.2 Å². The van der Waals surface area contributed by atoms with Crippen LogP contribution in [-0.4, -0.2) is 11.7 Å². The predicted molar refractivity (Wildman–Crippen MR) is 187 cm³/mol. The first kappa shape index (κ1) is 38.7. The number of ether oxygens (including phenoxy) is 1. The summed E-state index contributed by atoms with van der Waals surface area (Å²) in [6.45, 7) is 5.39. The summed E-state index contributed by atoms with van der Waals surface area (Å²) < 4.78 is 6.14. The largest absolute Gasteiger partial charge is 0.493 e. The van der Waals surface area contributed by atoms with Gasteiger partial charge in [0.2, 0.25) is 0 Å². The zero-order valence-electron chi connectivity index (χ0n) is 28.5. The zero-order valence-corrected chi connectivity index (χ0v) is 28.5. The van der Waals surface area contributed by atoms with Gasteiger partial charge in [-0.25, -0.2) is 0 Å². The lowest BCUT2D eigenvalue weighted by molar-refractivity contribution is 0.259. The standard InChI is InChI=1S/C40H72O2/c1-3-5-7-9-11-13-15-17-18-19-21-23-25-27-29-31-35-42-40-36-38(33-34-39(40)37-41)32-30-28-26-24-22-20-16-14-12-10-8-6-4-2/h17-18,33-34,36,41H,3-16,19-32,35,37H2,1-2H3/b18-17-. The molecule has 0 saturated carbocycles. The molecule has 0 bridgehead atoms. The van der Waals surface area contributed by atoms with Crippen molar-refractivity contribution in [1.82, 2.24) is 0 Å². The minimum absolute atomic E-state index is 0.0573. The van der Waals surface area contributed by atoms with Gasteiger partial charge in [0.25, 0.3) is 0 Å². The average molecular weight is 585 g/mol. The lowest BCUT2D eigenvalue weighted by atomic mass is 10.0. The number of aliphatic hydroxyl groups is 1. The summed E-state index contributed by atoms with van der Waals surface area (Å²) in [4.78, 5) is 0. The van der Waals surface area contributed by atoms with E-state index in [0.29, 0.717) is 0 Å². The highest BCUT2D eigenvalue weighted by atomic mass is 16.5. The summed E-state index contributed by atoms with van der Waals surface area (Å²) >= 11 is 0. The summed E-state index contributed by atoms with van der Waals surface area (Å²) in [7, 11) is 0. The number of hydrogen-bond donors (Lipinski definition) is 1. The Bertz CT molecular complexity index is 710. The second kappa shape index (κ2) is 31.2. The highest BCUT2D eigenvalue weighted by Crippen LogP contribution is 2.23. The minimum Gasteiger partial charge on any atom is -0.493 e. The van der Waals surface area contributed by atoms with E-state index in [1.54, 1.807) is 0 Å². The SMILES string of the molecule is CCCCCCCC/C=C\CCCCCCCCOc1cc(CCCCCCCCCCCCCCC)ccc1CO. The topological polar surface area (TPSA) is 29.5 Å². The van der Waals surface area contributed by atoms with Gasteiger partial charge in [0.15, 0.2) is 0 Å². The molecule has 1 rings (SSSR count). The molecule has 1 aromatic carbocycles. The molecule has 2 nitrogen and oxygen atoms in total. The normalized spacial score (nSPS) is 11.6. The molecule has 0 atom stereocenters. The molecule has 0 heterocycles. The fourth-order valence-corrected chi connectivity index (χ4v) is 5.90. The van der Waals surface area contributed by atoms with E-state index >= 15 is 0 Å².